The number of carboxylic acids is 1. The molecule has 1 aromatic rings. The van der Waals surface area contributed by atoms with Gasteiger partial charge in [-0.3, -0.25) is 4.79 Å². The van der Waals surface area contributed by atoms with Crippen molar-refractivity contribution in [3.05, 3.63) is 28.3 Å². The summed E-state index contributed by atoms with van der Waals surface area (Å²) >= 11 is 5.70. The van der Waals surface area contributed by atoms with E-state index in [2.05, 4.69) is 5.32 Å². The Morgan fingerprint density at radius 1 is 1.57 bits per heavy atom. The molecule has 0 fully saturated rings. The van der Waals surface area contributed by atoms with Gasteiger partial charge < -0.3 is 10.4 Å². The summed E-state index contributed by atoms with van der Waals surface area (Å²) in [6, 6.07) is 3.12. The van der Waals surface area contributed by atoms with Crippen molar-refractivity contribution in [1.29, 1.82) is 0 Å². The maximum absolute atomic E-state index is 10.8. The van der Waals surface area contributed by atoms with Gasteiger partial charge in [-0.25, -0.2) is 4.79 Å². The van der Waals surface area contributed by atoms with Gasteiger partial charge in [-0.15, -0.1) is 0 Å². The quantitative estimate of drug-likeness (QED) is 0.754. The van der Waals surface area contributed by atoms with Gasteiger partial charge in [0.1, 0.15) is 5.56 Å². The summed E-state index contributed by atoms with van der Waals surface area (Å²) in [5.74, 6) is -1.16. The lowest BCUT2D eigenvalue weighted by atomic mass is 10.1. The van der Waals surface area contributed by atoms with Crippen LogP contribution in [-0.4, -0.2) is 17.5 Å². The van der Waals surface area contributed by atoms with E-state index in [0.717, 1.165) is 0 Å². The standard InChI is InChI=1S/C9H8ClNO3/c1-5-2-3-6(10)7(9(13)14)8(5)11-4-12/h2-4H,1H3,(H,11,12)(H,13,14). The average molecular weight is 214 g/mol. The van der Waals surface area contributed by atoms with Crippen molar-refractivity contribution in [3.8, 4) is 0 Å². The summed E-state index contributed by atoms with van der Waals surface area (Å²) in [5.41, 5.74) is 0.803. The largest absolute Gasteiger partial charge is 0.478 e. The molecule has 0 aliphatic carbocycles. The summed E-state index contributed by atoms with van der Waals surface area (Å²) in [6.07, 6.45) is 0.422. The molecule has 0 unspecified atom stereocenters. The van der Waals surface area contributed by atoms with Crippen molar-refractivity contribution in [2.75, 3.05) is 5.32 Å². The first-order valence-electron chi connectivity index (χ1n) is 3.80. The Labute approximate surface area is 85.5 Å². The second-order valence-electron chi connectivity index (χ2n) is 2.68. The van der Waals surface area contributed by atoms with E-state index in [0.29, 0.717) is 12.0 Å². The third-order valence-corrected chi connectivity index (χ3v) is 2.09. The number of carbonyl (C=O) groups excluding carboxylic acids is 1. The summed E-state index contributed by atoms with van der Waals surface area (Å²) in [7, 11) is 0. The highest BCUT2D eigenvalue weighted by Gasteiger charge is 2.15. The smallest absolute Gasteiger partial charge is 0.339 e. The maximum atomic E-state index is 10.8. The molecule has 74 valence electrons. The Morgan fingerprint density at radius 3 is 2.71 bits per heavy atom. The van der Waals surface area contributed by atoms with E-state index in [1.54, 1.807) is 13.0 Å². The number of amides is 1. The summed E-state index contributed by atoms with van der Waals surface area (Å²) in [6.45, 7) is 1.69. The van der Waals surface area contributed by atoms with Crippen LogP contribution in [0.1, 0.15) is 15.9 Å². The second-order valence-corrected chi connectivity index (χ2v) is 3.09. The Hall–Kier alpha value is -1.55. The van der Waals surface area contributed by atoms with Gasteiger partial charge in [-0.1, -0.05) is 17.7 Å². The molecule has 0 saturated heterocycles. The van der Waals surface area contributed by atoms with Crippen molar-refractivity contribution < 1.29 is 14.7 Å². The minimum Gasteiger partial charge on any atom is -0.478 e. The van der Waals surface area contributed by atoms with Crippen LogP contribution in [0.5, 0.6) is 0 Å². The van der Waals surface area contributed by atoms with Gasteiger partial charge in [0.25, 0.3) is 0 Å². The predicted molar refractivity (Wildman–Crippen MR) is 52.8 cm³/mol. The van der Waals surface area contributed by atoms with Gasteiger partial charge >= 0.3 is 5.97 Å². The molecule has 4 nitrogen and oxygen atoms in total. The third-order valence-electron chi connectivity index (χ3n) is 1.78. The van der Waals surface area contributed by atoms with Gasteiger partial charge in [0.05, 0.1) is 10.7 Å². The Kier molecular flexibility index (Phi) is 3.09. The molecule has 0 saturated carbocycles. The average Bonchev–Trinajstić information content (AvgIpc) is 2.11. The number of hydrogen-bond acceptors (Lipinski definition) is 2. The van der Waals surface area contributed by atoms with Crippen LogP contribution in [0, 0.1) is 6.92 Å². The molecule has 0 aliphatic rings. The van der Waals surface area contributed by atoms with Crippen LogP contribution in [-0.2, 0) is 4.79 Å². The fraction of sp³-hybridized carbons (Fsp3) is 0.111. The molecule has 1 aromatic carbocycles. The van der Waals surface area contributed by atoms with Crippen molar-refractivity contribution in [2.24, 2.45) is 0 Å². The summed E-state index contributed by atoms with van der Waals surface area (Å²) in [5, 5.41) is 11.3. The molecule has 2 N–H and O–H groups in total. The SMILES string of the molecule is Cc1ccc(Cl)c(C(=O)O)c1NC=O. The molecular formula is C9H8ClNO3. The maximum Gasteiger partial charge on any atom is 0.339 e. The zero-order chi connectivity index (χ0) is 10.7. The number of carboxylic acid groups (broad SMARTS) is 1. The van der Waals surface area contributed by atoms with E-state index in [9.17, 15) is 9.59 Å². The molecule has 1 amide bonds. The van der Waals surface area contributed by atoms with Crippen LogP contribution in [0.25, 0.3) is 0 Å². The Bertz CT molecular complexity index is 390. The van der Waals surface area contributed by atoms with Crippen LogP contribution in [0.2, 0.25) is 5.02 Å². The van der Waals surface area contributed by atoms with Crippen molar-refractivity contribution in [1.82, 2.24) is 0 Å². The molecule has 0 spiro atoms. The number of nitrogens with one attached hydrogen (secondary N) is 1. The molecule has 0 atom stereocenters. The van der Waals surface area contributed by atoms with Crippen molar-refractivity contribution in [2.45, 2.75) is 6.92 Å². The second kappa shape index (κ2) is 4.11. The number of aromatic carboxylic acids is 1. The number of halogens is 1. The van der Waals surface area contributed by atoms with Gasteiger partial charge in [0.15, 0.2) is 0 Å². The molecule has 0 radical (unpaired) electrons. The molecule has 0 aliphatic heterocycles. The van der Waals surface area contributed by atoms with E-state index < -0.39 is 5.97 Å². The summed E-state index contributed by atoms with van der Waals surface area (Å²) in [4.78, 5) is 21.1. The minimum absolute atomic E-state index is 0.0845. The van der Waals surface area contributed by atoms with Gasteiger partial charge in [-0.2, -0.15) is 0 Å². The molecule has 1 rings (SSSR count). The van der Waals surface area contributed by atoms with Crippen molar-refractivity contribution >= 4 is 29.7 Å². The fourth-order valence-corrected chi connectivity index (χ4v) is 1.37. The van der Waals surface area contributed by atoms with E-state index in [1.165, 1.54) is 6.07 Å². The number of anilines is 1. The van der Waals surface area contributed by atoms with Crippen LogP contribution < -0.4 is 5.32 Å². The zero-order valence-electron chi connectivity index (χ0n) is 7.37. The monoisotopic (exact) mass is 213 g/mol. The van der Waals surface area contributed by atoms with Crippen molar-refractivity contribution in [3.63, 3.8) is 0 Å². The first kappa shape index (κ1) is 10.5. The highest BCUT2D eigenvalue weighted by Crippen LogP contribution is 2.27. The van der Waals surface area contributed by atoms with Gasteiger partial charge in [0, 0.05) is 0 Å². The molecule has 5 heteroatoms. The lowest BCUT2D eigenvalue weighted by molar-refractivity contribution is -0.105. The Balaban J connectivity index is 3.40. The van der Waals surface area contributed by atoms with E-state index in [1.807, 2.05) is 0 Å². The number of aryl methyl sites for hydroxylation is 1. The van der Waals surface area contributed by atoms with Crippen LogP contribution in [0.3, 0.4) is 0 Å². The number of carbonyl (C=O) groups is 2. The number of benzene rings is 1. The number of rotatable bonds is 3. The topological polar surface area (TPSA) is 66.4 Å². The minimum atomic E-state index is -1.16. The summed E-state index contributed by atoms with van der Waals surface area (Å²) < 4.78 is 0. The zero-order valence-corrected chi connectivity index (χ0v) is 8.13. The molecule has 0 heterocycles. The Morgan fingerprint density at radius 2 is 2.21 bits per heavy atom. The molecule has 0 bridgehead atoms. The normalized spacial score (nSPS) is 9.57. The highest BCUT2D eigenvalue weighted by atomic mass is 35.5. The first-order chi connectivity index (χ1) is 6.57. The lowest BCUT2D eigenvalue weighted by Crippen LogP contribution is -2.07. The lowest BCUT2D eigenvalue weighted by Gasteiger charge is -2.09. The molecule has 0 aromatic heterocycles. The van der Waals surface area contributed by atoms with E-state index in [4.69, 9.17) is 16.7 Å². The third kappa shape index (κ3) is 1.85. The predicted octanol–water partition coefficient (Wildman–Crippen LogP) is 1.91. The van der Waals surface area contributed by atoms with Gasteiger partial charge in [0.2, 0.25) is 6.41 Å². The van der Waals surface area contributed by atoms with Crippen LogP contribution in [0.15, 0.2) is 12.1 Å². The molecule has 14 heavy (non-hydrogen) atoms. The van der Waals surface area contributed by atoms with E-state index >= 15 is 0 Å². The molecular weight excluding hydrogens is 206 g/mol. The van der Waals surface area contributed by atoms with Crippen LogP contribution >= 0.6 is 11.6 Å². The van der Waals surface area contributed by atoms with Gasteiger partial charge in [-0.05, 0) is 18.6 Å². The highest BCUT2D eigenvalue weighted by molar-refractivity contribution is 6.34. The van der Waals surface area contributed by atoms with Crippen LogP contribution in [0.4, 0.5) is 5.69 Å². The number of hydrogen-bond donors (Lipinski definition) is 2. The fourth-order valence-electron chi connectivity index (χ4n) is 1.14. The first-order valence-corrected chi connectivity index (χ1v) is 4.18. The van der Waals surface area contributed by atoms with E-state index in [-0.39, 0.29) is 16.3 Å².